The molecular formula is C30H42F2N4O3S. The minimum Gasteiger partial charge on any atom is -0.495 e. The highest BCUT2D eigenvalue weighted by molar-refractivity contribution is 8.00. The molecule has 0 atom stereocenters. The van der Waals surface area contributed by atoms with Crippen LogP contribution in [0.4, 0.5) is 31.5 Å². The minimum atomic E-state index is -2.64. The van der Waals surface area contributed by atoms with Gasteiger partial charge in [0, 0.05) is 56.1 Å². The van der Waals surface area contributed by atoms with Crippen molar-refractivity contribution in [3.63, 3.8) is 0 Å². The van der Waals surface area contributed by atoms with Crippen LogP contribution in [-0.2, 0) is 0 Å². The Morgan fingerprint density at radius 2 is 1.52 bits per heavy atom. The van der Waals surface area contributed by atoms with Gasteiger partial charge in [0.05, 0.1) is 30.7 Å². The van der Waals surface area contributed by atoms with Crippen molar-refractivity contribution in [1.29, 1.82) is 0 Å². The number of ether oxygens (including phenoxy) is 1. The van der Waals surface area contributed by atoms with E-state index in [0.717, 1.165) is 37.3 Å². The van der Waals surface area contributed by atoms with Gasteiger partial charge >= 0.3 is 0 Å². The Kier molecular flexibility index (Phi) is 10.1. The maximum absolute atomic E-state index is 13.7. The lowest BCUT2D eigenvalue weighted by molar-refractivity contribution is -0.0221. The Labute approximate surface area is 240 Å². The largest absolute Gasteiger partial charge is 0.495 e. The van der Waals surface area contributed by atoms with E-state index < -0.39 is 5.92 Å². The number of alkyl halides is 2. The fourth-order valence-electron chi connectivity index (χ4n) is 5.42. The summed E-state index contributed by atoms with van der Waals surface area (Å²) < 4.78 is 36.2. The molecule has 0 bridgehead atoms. The summed E-state index contributed by atoms with van der Waals surface area (Å²) in [7, 11) is 1.56. The zero-order chi connectivity index (χ0) is 28.8. The Balaban J connectivity index is 0.00000181. The molecule has 3 aliphatic rings. The lowest BCUT2D eigenvalue weighted by Gasteiger charge is -2.35. The number of carbonyl (C=O) groups is 1. The van der Waals surface area contributed by atoms with Crippen LogP contribution in [0.3, 0.4) is 0 Å². The van der Waals surface area contributed by atoms with Crippen molar-refractivity contribution in [2.75, 3.05) is 65.5 Å². The monoisotopic (exact) mass is 576 g/mol. The molecular weight excluding hydrogens is 534 g/mol. The van der Waals surface area contributed by atoms with E-state index in [2.05, 4.69) is 14.9 Å². The molecule has 3 N–H and O–H groups in total. The van der Waals surface area contributed by atoms with Gasteiger partial charge in [-0.2, -0.15) is 0 Å². The molecule has 2 aromatic rings. The molecule has 2 aromatic carbocycles. The summed E-state index contributed by atoms with van der Waals surface area (Å²) in [6.07, 6.45) is 4.49. The van der Waals surface area contributed by atoms with E-state index in [4.69, 9.17) is 9.84 Å². The van der Waals surface area contributed by atoms with E-state index in [1.165, 1.54) is 24.8 Å². The number of nitrogens with one attached hydrogen (secondary N) is 2. The van der Waals surface area contributed by atoms with Crippen molar-refractivity contribution in [2.24, 2.45) is 5.41 Å². The lowest BCUT2D eigenvalue weighted by atomic mass is 9.93. The van der Waals surface area contributed by atoms with Gasteiger partial charge in [-0.15, -0.1) is 0 Å². The summed E-state index contributed by atoms with van der Waals surface area (Å²) in [6, 6.07) is 11.1. The number of aliphatic hydroxyl groups excluding tert-OH is 1. The summed E-state index contributed by atoms with van der Waals surface area (Å²) in [5, 5.41) is 12.1. The normalized spacial score (nSPS) is 18.9. The first-order valence-electron chi connectivity index (χ1n) is 14.3. The molecule has 7 nitrogen and oxygen atoms in total. The van der Waals surface area contributed by atoms with E-state index >= 15 is 0 Å². The van der Waals surface area contributed by atoms with Crippen molar-refractivity contribution in [3.05, 3.63) is 42.0 Å². The molecule has 1 aliphatic carbocycles. The molecule has 40 heavy (non-hydrogen) atoms. The van der Waals surface area contributed by atoms with Gasteiger partial charge in [0.15, 0.2) is 0 Å². The fourth-order valence-corrected chi connectivity index (χ4v) is 5.90. The summed E-state index contributed by atoms with van der Waals surface area (Å²) in [6.45, 7) is 6.37. The number of methoxy groups -OCH3 is 1. The topological polar surface area (TPSA) is 77.1 Å². The molecule has 0 unspecified atom stereocenters. The predicted molar refractivity (Wildman–Crippen MR) is 161 cm³/mol. The van der Waals surface area contributed by atoms with Crippen molar-refractivity contribution in [3.8, 4) is 5.75 Å². The summed E-state index contributed by atoms with van der Waals surface area (Å²) in [5.74, 6) is -1.70. The highest BCUT2D eigenvalue weighted by Gasteiger charge is 2.44. The number of carbonyl (C=O) groups excluding carboxylic acids is 1. The maximum atomic E-state index is 13.7. The molecule has 5 rings (SSSR count). The van der Waals surface area contributed by atoms with E-state index in [9.17, 15) is 13.6 Å². The number of benzene rings is 2. The number of amides is 1. The molecule has 2 heterocycles. The van der Waals surface area contributed by atoms with Gasteiger partial charge < -0.3 is 29.7 Å². The molecule has 0 radical (unpaired) electrons. The quantitative estimate of drug-likeness (QED) is 0.228. The third-order valence-electron chi connectivity index (χ3n) is 8.02. The highest BCUT2D eigenvalue weighted by Crippen LogP contribution is 2.54. The number of rotatable bonds is 9. The fraction of sp³-hybridized carbons (Fsp3) is 0.567. The van der Waals surface area contributed by atoms with Crippen LogP contribution in [0.2, 0.25) is 0 Å². The molecule has 2 saturated heterocycles. The number of hydrogen-bond acceptors (Lipinski definition) is 7. The third kappa shape index (κ3) is 7.32. The Morgan fingerprint density at radius 3 is 2.15 bits per heavy atom. The maximum Gasteiger partial charge on any atom is 0.257 e. The van der Waals surface area contributed by atoms with Crippen molar-refractivity contribution in [1.82, 2.24) is 0 Å². The SMILES string of the molecule is CC.COc1ccc(NC(=O)c2ccc(NSCCO)cc2N2CCC3(CC2)CC3)cc1N1CCC(F)(F)CC1. The first-order valence-corrected chi connectivity index (χ1v) is 15.3. The average molecular weight is 577 g/mol. The summed E-state index contributed by atoms with van der Waals surface area (Å²) >= 11 is 1.42. The van der Waals surface area contributed by atoms with Crippen LogP contribution < -0.4 is 24.6 Å². The van der Waals surface area contributed by atoms with Gasteiger partial charge in [0.25, 0.3) is 11.8 Å². The first-order chi connectivity index (χ1) is 19.3. The van der Waals surface area contributed by atoms with Crippen LogP contribution in [0.25, 0.3) is 0 Å². The number of hydrogen-bond donors (Lipinski definition) is 3. The van der Waals surface area contributed by atoms with Crippen LogP contribution in [0.1, 0.15) is 62.7 Å². The highest BCUT2D eigenvalue weighted by atomic mass is 32.2. The number of anilines is 4. The van der Waals surface area contributed by atoms with Crippen LogP contribution in [0.15, 0.2) is 36.4 Å². The van der Waals surface area contributed by atoms with Gasteiger partial charge in [-0.25, -0.2) is 8.78 Å². The zero-order valence-corrected chi connectivity index (χ0v) is 24.6. The van der Waals surface area contributed by atoms with Crippen molar-refractivity contribution < 1.29 is 23.4 Å². The standard InChI is InChI=1S/C28H36F2N4O3S.C2H6/c1-37-25-5-3-20(18-24(25)34-14-10-28(29,30)11-15-34)31-26(36)22-4-2-21(32-38-17-16-35)19-23(22)33-12-8-27(6-7-27)9-13-33;1-2/h2-5,18-19,32,35H,6-17H2,1H3,(H,31,36);1-2H3. The van der Waals surface area contributed by atoms with E-state index in [1.54, 1.807) is 25.3 Å². The Morgan fingerprint density at radius 1 is 0.925 bits per heavy atom. The number of piperidine rings is 2. The number of aliphatic hydroxyl groups is 1. The van der Waals surface area contributed by atoms with Gasteiger partial charge in [-0.1, -0.05) is 25.8 Å². The first kappa shape index (κ1) is 30.2. The molecule has 2 aliphatic heterocycles. The van der Waals surface area contributed by atoms with Crippen LogP contribution in [0.5, 0.6) is 5.75 Å². The number of nitrogens with zero attached hydrogens (tertiary/aromatic N) is 2. The molecule has 3 fully saturated rings. The van der Waals surface area contributed by atoms with E-state index in [1.807, 2.05) is 36.9 Å². The Bertz CT molecular complexity index is 1140. The molecule has 1 spiro atoms. The predicted octanol–water partition coefficient (Wildman–Crippen LogP) is 6.64. The summed E-state index contributed by atoms with van der Waals surface area (Å²) in [4.78, 5) is 17.8. The van der Waals surface area contributed by atoms with E-state index in [-0.39, 0.29) is 38.4 Å². The second-order valence-electron chi connectivity index (χ2n) is 10.6. The molecule has 1 amide bonds. The van der Waals surface area contributed by atoms with Crippen molar-refractivity contribution in [2.45, 2.75) is 58.3 Å². The van der Waals surface area contributed by atoms with Crippen LogP contribution >= 0.6 is 11.9 Å². The molecule has 220 valence electrons. The molecule has 1 saturated carbocycles. The lowest BCUT2D eigenvalue weighted by Crippen LogP contribution is -2.39. The second kappa shape index (κ2) is 13.3. The Hall–Kier alpha value is -2.72. The van der Waals surface area contributed by atoms with E-state index in [0.29, 0.717) is 33.9 Å². The molecule has 0 aromatic heterocycles. The van der Waals surface area contributed by atoms with Crippen molar-refractivity contribution >= 4 is 40.6 Å². The smallest absolute Gasteiger partial charge is 0.257 e. The molecule has 10 heteroatoms. The minimum absolute atomic E-state index is 0.0862. The van der Waals surface area contributed by atoms with Crippen LogP contribution in [0, 0.1) is 5.41 Å². The van der Waals surface area contributed by atoms with Gasteiger partial charge in [0.1, 0.15) is 5.75 Å². The third-order valence-corrected chi connectivity index (χ3v) is 8.79. The zero-order valence-electron chi connectivity index (χ0n) is 23.8. The van der Waals surface area contributed by atoms with Gasteiger partial charge in [-0.3, -0.25) is 4.79 Å². The van der Waals surface area contributed by atoms with Crippen LogP contribution in [-0.4, -0.2) is 62.6 Å². The van der Waals surface area contributed by atoms with Gasteiger partial charge in [0.2, 0.25) is 0 Å². The average Bonchev–Trinajstić information content (AvgIpc) is 3.73. The van der Waals surface area contributed by atoms with Gasteiger partial charge in [-0.05, 0) is 67.5 Å². The second-order valence-corrected chi connectivity index (χ2v) is 11.5. The number of halogens is 2. The summed E-state index contributed by atoms with van der Waals surface area (Å²) in [5.41, 5.74) is 4.17.